The van der Waals surface area contributed by atoms with Gasteiger partial charge in [0.15, 0.2) is 0 Å². The van der Waals surface area contributed by atoms with Crippen molar-refractivity contribution >= 4 is 5.76 Å². The molecule has 0 aliphatic heterocycles. The van der Waals surface area contributed by atoms with E-state index in [2.05, 4.69) is 11.9 Å². The lowest BCUT2D eigenvalue weighted by Gasteiger charge is -2.12. The van der Waals surface area contributed by atoms with E-state index in [1.165, 1.54) is 0 Å². The fraction of sp³-hybridized carbons (Fsp3) is 0.385. The Morgan fingerprint density at radius 1 is 1.44 bits per heavy atom. The Bertz CT molecular complexity index is 361. The van der Waals surface area contributed by atoms with Crippen LogP contribution in [0.1, 0.15) is 18.1 Å². The summed E-state index contributed by atoms with van der Waals surface area (Å²) in [6, 6.07) is 5.93. The van der Waals surface area contributed by atoms with Gasteiger partial charge in [-0.1, -0.05) is 6.58 Å². The van der Waals surface area contributed by atoms with E-state index in [0.29, 0.717) is 12.4 Å². The zero-order valence-corrected chi connectivity index (χ0v) is 10.2. The van der Waals surface area contributed by atoms with Crippen molar-refractivity contribution in [2.45, 2.75) is 13.5 Å². The van der Waals surface area contributed by atoms with Crippen LogP contribution in [0.2, 0.25) is 0 Å². The summed E-state index contributed by atoms with van der Waals surface area (Å²) < 4.78 is 10.7. The largest absolute Gasteiger partial charge is 0.496 e. The molecule has 3 nitrogen and oxygen atoms in total. The molecule has 0 aromatic heterocycles. The predicted molar refractivity (Wildman–Crippen MR) is 66.4 cm³/mol. The lowest BCUT2D eigenvalue weighted by Crippen LogP contribution is -2.07. The summed E-state index contributed by atoms with van der Waals surface area (Å²) in [5.74, 6) is 1.57. The van der Waals surface area contributed by atoms with Crippen LogP contribution in [0.3, 0.4) is 0 Å². The smallest absolute Gasteiger partial charge is 0.123 e. The van der Waals surface area contributed by atoms with Crippen molar-refractivity contribution in [2.24, 2.45) is 0 Å². The van der Waals surface area contributed by atoms with Gasteiger partial charge in [0.05, 0.1) is 13.7 Å². The van der Waals surface area contributed by atoms with Crippen molar-refractivity contribution in [1.82, 2.24) is 5.32 Å². The minimum Gasteiger partial charge on any atom is -0.496 e. The van der Waals surface area contributed by atoms with Crippen LogP contribution in [-0.2, 0) is 11.3 Å². The first-order valence-corrected chi connectivity index (χ1v) is 5.36. The molecule has 0 unspecified atom stereocenters. The highest BCUT2D eigenvalue weighted by atomic mass is 16.5. The van der Waals surface area contributed by atoms with E-state index in [4.69, 9.17) is 9.47 Å². The quantitative estimate of drug-likeness (QED) is 0.748. The Morgan fingerprint density at radius 3 is 2.75 bits per heavy atom. The molecule has 1 aromatic carbocycles. The van der Waals surface area contributed by atoms with Gasteiger partial charge in [-0.05, 0) is 32.2 Å². The normalized spacial score (nSPS) is 9.94. The van der Waals surface area contributed by atoms with Gasteiger partial charge in [-0.15, -0.1) is 0 Å². The van der Waals surface area contributed by atoms with Crippen LogP contribution in [0.15, 0.2) is 24.8 Å². The van der Waals surface area contributed by atoms with Crippen molar-refractivity contribution in [3.8, 4) is 5.75 Å². The number of nitrogens with one attached hydrogen (secondary N) is 1. The molecule has 1 N–H and O–H groups in total. The van der Waals surface area contributed by atoms with Gasteiger partial charge in [0.1, 0.15) is 11.5 Å². The summed E-state index contributed by atoms with van der Waals surface area (Å²) in [5, 5.41) is 3.11. The van der Waals surface area contributed by atoms with Crippen LogP contribution in [0.4, 0.5) is 0 Å². The first-order valence-electron chi connectivity index (χ1n) is 5.36. The van der Waals surface area contributed by atoms with E-state index >= 15 is 0 Å². The molecule has 0 fully saturated rings. The van der Waals surface area contributed by atoms with Crippen LogP contribution in [0.5, 0.6) is 5.75 Å². The Labute approximate surface area is 97.1 Å². The third-order valence-corrected chi connectivity index (χ3v) is 2.29. The number of hydrogen-bond acceptors (Lipinski definition) is 3. The summed E-state index contributed by atoms with van der Waals surface area (Å²) in [4.78, 5) is 0. The fourth-order valence-electron chi connectivity index (χ4n) is 1.54. The van der Waals surface area contributed by atoms with Crippen LogP contribution >= 0.6 is 0 Å². The maximum Gasteiger partial charge on any atom is 0.123 e. The molecular formula is C13H19NO2. The lowest BCUT2D eigenvalue weighted by atomic mass is 10.1. The van der Waals surface area contributed by atoms with Crippen LogP contribution in [-0.4, -0.2) is 20.8 Å². The first-order chi connectivity index (χ1) is 7.72. The molecule has 16 heavy (non-hydrogen) atoms. The minimum absolute atomic E-state index is 0.631. The van der Waals surface area contributed by atoms with Crippen molar-refractivity contribution in [3.63, 3.8) is 0 Å². The predicted octanol–water partition coefficient (Wildman–Crippen LogP) is 2.42. The third kappa shape index (κ3) is 3.00. The number of hydrogen-bond donors (Lipinski definition) is 1. The molecule has 1 rings (SSSR count). The van der Waals surface area contributed by atoms with Gasteiger partial charge in [-0.2, -0.15) is 0 Å². The van der Waals surface area contributed by atoms with Crippen LogP contribution in [0.25, 0.3) is 5.76 Å². The van der Waals surface area contributed by atoms with E-state index in [9.17, 15) is 0 Å². The molecule has 0 aliphatic rings. The Balaban J connectivity index is 2.96. The van der Waals surface area contributed by atoms with Gasteiger partial charge in [0.25, 0.3) is 0 Å². The van der Waals surface area contributed by atoms with Gasteiger partial charge in [-0.3, -0.25) is 0 Å². The standard InChI is InChI=1S/C13H19NO2/c1-5-16-10(2)11-6-7-13(15-4)12(8-11)9-14-3/h6-8,14H,2,5,9H2,1,3-4H3. The topological polar surface area (TPSA) is 30.5 Å². The molecule has 0 amide bonds. The Kier molecular flexibility index (Phi) is 4.86. The molecule has 0 radical (unpaired) electrons. The maximum atomic E-state index is 5.38. The molecule has 0 saturated heterocycles. The van der Waals surface area contributed by atoms with Gasteiger partial charge in [0.2, 0.25) is 0 Å². The zero-order chi connectivity index (χ0) is 12.0. The SMILES string of the molecule is C=C(OCC)c1ccc(OC)c(CNC)c1. The van der Waals surface area contributed by atoms with Crippen LogP contribution < -0.4 is 10.1 Å². The monoisotopic (exact) mass is 221 g/mol. The summed E-state index contributed by atoms with van der Waals surface area (Å²) in [6.45, 7) is 7.23. The number of ether oxygens (including phenoxy) is 2. The summed E-state index contributed by atoms with van der Waals surface area (Å²) >= 11 is 0. The van der Waals surface area contributed by atoms with Crippen molar-refractivity contribution < 1.29 is 9.47 Å². The Morgan fingerprint density at radius 2 is 2.19 bits per heavy atom. The number of benzene rings is 1. The summed E-state index contributed by atoms with van der Waals surface area (Å²) in [7, 11) is 3.58. The second-order valence-corrected chi connectivity index (χ2v) is 3.41. The molecule has 0 atom stereocenters. The number of methoxy groups -OCH3 is 1. The van der Waals surface area contributed by atoms with Crippen LogP contribution in [0, 0.1) is 0 Å². The molecule has 0 bridgehead atoms. The molecule has 3 heteroatoms. The summed E-state index contributed by atoms with van der Waals surface area (Å²) in [6.07, 6.45) is 0. The van der Waals surface area contributed by atoms with E-state index in [0.717, 1.165) is 23.4 Å². The number of rotatable bonds is 6. The molecule has 88 valence electrons. The van der Waals surface area contributed by atoms with Crippen molar-refractivity contribution in [1.29, 1.82) is 0 Å². The van der Waals surface area contributed by atoms with Gasteiger partial charge >= 0.3 is 0 Å². The van der Waals surface area contributed by atoms with Gasteiger partial charge in [0, 0.05) is 17.7 Å². The van der Waals surface area contributed by atoms with Gasteiger partial charge < -0.3 is 14.8 Å². The third-order valence-electron chi connectivity index (χ3n) is 2.29. The molecule has 0 aliphatic carbocycles. The highest BCUT2D eigenvalue weighted by molar-refractivity contribution is 5.60. The van der Waals surface area contributed by atoms with E-state index in [1.807, 2.05) is 32.2 Å². The second-order valence-electron chi connectivity index (χ2n) is 3.41. The van der Waals surface area contributed by atoms with Crippen molar-refractivity contribution in [3.05, 3.63) is 35.9 Å². The lowest BCUT2D eigenvalue weighted by molar-refractivity contribution is 0.299. The van der Waals surface area contributed by atoms with E-state index < -0.39 is 0 Å². The fourth-order valence-corrected chi connectivity index (χ4v) is 1.54. The Hall–Kier alpha value is -1.48. The first kappa shape index (κ1) is 12.6. The average Bonchev–Trinajstić information content (AvgIpc) is 2.29. The molecule has 0 heterocycles. The molecule has 1 aromatic rings. The molecule has 0 saturated carbocycles. The van der Waals surface area contributed by atoms with Gasteiger partial charge in [-0.25, -0.2) is 0 Å². The highest BCUT2D eigenvalue weighted by Crippen LogP contribution is 2.23. The van der Waals surface area contributed by atoms with E-state index in [-0.39, 0.29) is 0 Å². The highest BCUT2D eigenvalue weighted by Gasteiger charge is 2.06. The van der Waals surface area contributed by atoms with E-state index in [1.54, 1.807) is 7.11 Å². The second kappa shape index (κ2) is 6.18. The molecule has 0 spiro atoms. The minimum atomic E-state index is 0.631. The van der Waals surface area contributed by atoms with Crippen molar-refractivity contribution in [2.75, 3.05) is 20.8 Å². The zero-order valence-electron chi connectivity index (χ0n) is 10.2. The maximum absolute atomic E-state index is 5.38. The summed E-state index contributed by atoms with van der Waals surface area (Å²) in [5.41, 5.74) is 2.09. The average molecular weight is 221 g/mol. The molecular weight excluding hydrogens is 202 g/mol.